The van der Waals surface area contributed by atoms with E-state index in [1.165, 1.54) is 32.1 Å². The topological polar surface area (TPSA) is 68.6 Å². The molecule has 0 spiro atoms. The second kappa shape index (κ2) is 11.7. The monoisotopic (exact) mass is 373 g/mol. The Morgan fingerprint density at radius 2 is 1.93 bits per heavy atom. The summed E-state index contributed by atoms with van der Waals surface area (Å²) in [4.78, 5) is 12.6. The maximum absolute atomic E-state index is 12.6. The Labute approximate surface area is 162 Å². The summed E-state index contributed by atoms with van der Waals surface area (Å²) in [5.41, 5.74) is 0.905. The molecule has 0 radical (unpaired) electrons. The van der Waals surface area contributed by atoms with Crippen LogP contribution in [0, 0.1) is 17.2 Å². The van der Waals surface area contributed by atoms with Gasteiger partial charge in [-0.15, -0.1) is 0 Å². The van der Waals surface area contributed by atoms with Gasteiger partial charge < -0.3 is 14.2 Å². The van der Waals surface area contributed by atoms with Gasteiger partial charge in [0.25, 0.3) is 0 Å². The third kappa shape index (κ3) is 6.97. The molecule has 0 N–H and O–H groups in total. The van der Waals surface area contributed by atoms with Crippen molar-refractivity contribution >= 4 is 5.97 Å². The van der Waals surface area contributed by atoms with Crippen LogP contribution in [0.3, 0.4) is 0 Å². The quantitative estimate of drug-likeness (QED) is 0.329. The fraction of sp³-hybridized carbons (Fsp3) is 0.636. The van der Waals surface area contributed by atoms with Crippen LogP contribution in [-0.4, -0.2) is 25.5 Å². The molecule has 0 bridgehead atoms. The van der Waals surface area contributed by atoms with Gasteiger partial charge in [0.1, 0.15) is 18.5 Å². The number of unbranched alkanes of at least 4 members (excludes halogenated alkanes) is 5. The molecule has 148 valence electrons. The minimum atomic E-state index is -0.396. The molecule has 3 atom stereocenters. The van der Waals surface area contributed by atoms with E-state index in [1.807, 2.05) is 19.1 Å². The summed E-state index contributed by atoms with van der Waals surface area (Å²) in [7, 11) is 0. The molecule has 1 aliphatic rings. The number of carbonyl (C=O) groups is 1. The Hall–Kier alpha value is -1.90. The largest absolute Gasteiger partial charge is 0.426 e. The van der Waals surface area contributed by atoms with Crippen LogP contribution >= 0.6 is 0 Å². The zero-order valence-electron chi connectivity index (χ0n) is 16.5. The minimum Gasteiger partial charge on any atom is -0.426 e. The van der Waals surface area contributed by atoms with Gasteiger partial charge in [-0.25, -0.2) is 0 Å². The van der Waals surface area contributed by atoms with Crippen LogP contribution in [0.2, 0.25) is 0 Å². The fourth-order valence-electron chi connectivity index (χ4n) is 3.26. The predicted molar refractivity (Wildman–Crippen MR) is 103 cm³/mol. The van der Waals surface area contributed by atoms with E-state index in [4.69, 9.17) is 19.5 Å². The van der Waals surface area contributed by atoms with Crippen LogP contribution in [0.25, 0.3) is 0 Å². The molecule has 5 heteroatoms. The lowest BCUT2D eigenvalue weighted by atomic mass is 9.96. The second-order valence-corrected chi connectivity index (χ2v) is 7.20. The van der Waals surface area contributed by atoms with E-state index in [1.54, 1.807) is 12.1 Å². The Bertz CT molecular complexity index is 608. The van der Waals surface area contributed by atoms with Crippen LogP contribution in [0.4, 0.5) is 0 Å². The van der Waals surface area contributed by atoms with Crippen molar-refractivity contribution in [3.05, 3.63) is 29.8 Å². The molecule has 0 saturated carbocycles. The van der Waals surface area contributed by atoms with Gasteiger partial charge in [-0.1, -0.05) is 57.6 Å². The van der Waals surface area contributed by atoms with Crippen molar-refractivity contribution in [2.45, 2.75) is 70.8 Å². The number of esters is 1. The maximum Gasteiger partial charge on any atom is 0.319 e. The third-order valence-electron chi connectivity index (χ3n) is 5.05. The standard InChI is InChI=1S/C22H31NO4/c1-3-4-5-6-7-8-9-21-20(15-25-16-26-21)22(24)27-19-12-10-18(11-13-19)17(2)14-23/h10-13,17,20-21H,3-9,15-16H2,1-2H3/t17?,20-,21+/m0/s1. The van der Waals surface area contributed by atoms with Crippen LogP contribution in [0.15, 0.2) is 24.3 Å². The molecule has 1 unspecified atom stereocenters. The molecule has 1 heterocycles. The van der Waals surface area contributed by atoms with E-state index in [0.717, 1.165) is 18.4 Å². The van der Waals surface area contributed by atoms with Crippen LogP contribution < -0.4 is 4.74 Å². The Balaban J connectivity index is 1.84. The lowest BCUT2D eigenvalue weighted by Gasteiger charge is -2.30. The van der Waals surface area contributed by atoms with Crippen LogP contribution in [0.5, 0.6) is 5.75 Å². The van der Waals surface area contributed by atoms with Crippen molar-refractivity contribution in [3.8, 4) is 11.8 Å². The highest BCUT2D eigenvalue weighted by atomic mass is 16.7. The Kier molecular flexibility index (Phi) is 9.30. The van der Waals surface area contributed by atoms with Gasteiger partial charge in [-0.3, -0.25) is 4.79 Å². The number of hydrogen-bond donors (Lipinski definition) is 0. The summed E-state index contributed by atoms with van der Waals surface area (Å²) in [5, 5.41) is 8.97. The summed E-state index contributed by atoms with van der Waals surface area (Å²) < 4.78 is 16.5. The Morgan fingerprint density at radius 1 is 1.22 bits per heavy atom. The molecule has 0 amide bonds. The highest BCUT2D eigenvalue weighted by Crippen LogP contribution is 2.24. The molecule has 1 saturated heterocycles. The van der Waals surface area contributed by atoms with Crippen molar-refractivity contribution in [3.63, 3.8) is 0 Å². The molecule has 5 nitrogen and oxygen atoms in total. The van der Waals surface area contributed by atoms with E-state index >= 15 is 0 Å². The first-order valence-electron chi connectivity index (χ1n) is 10.1. The number of benzene rings is 1. The first-order chi connectivity index (χ1) is 13.2. The van der Waals surface area contributed by atoms with Crippen LogP contribution in [0.1, 0.15) is 70.3 Å². The number of ether oxygens (including phenoxy) is 3. The molecule has 27 heavy (non-hydrogen) atoms. The van der Waals surface area contributed by atoms with Crippen molar-refractivity contribution in [2.24, 2.45) is 5.92 Å². The van der Waals surface area contributed by atoms with Gasteiger partial charge in [-0.2, -0.15) is 5.26 Å². The van der Waals surface area contributed by atoms with Gasteiger partial charge in [0.15, 0.2) is 0 Å². The summed E-state index contributed by atoms with van der Waals surface area (Å²) in [6.45, 7) is 4.63. The first kappa shape index (κ1) is 21.4. The van der Waals surface area contributed by atoms with Gasteiger partial charge in [0.2, 0.25) is 0 Å². The first-order valence-corrected chi connectivity index (χ1v) is 10.1. The second-order valence-electron chi connectivity index (χ2n) is 7.20. The molecule has 1 aliphatic heterocycles. The third-order valence-corrected chi connectivity index (χ3v) is 5.05. The van der Waals surface area contributed by atoms with Gasteiger partial charge in [0.05, 0.1) is 24.7 Å². The summed E-state index contributed by atoms with van der Waals surface area (Å²) >= 11 is 0. The minimum absolute atomic E-state index is 0.143. The zero-order valence-corrected chi connectivity index (χ0v) is 16.5. The van der Waals surface area contributed by atoms with Crippen molar-refractivity contribution in [1.82, 2.24) is 0 Å². The van der Waals surface area contributed by atoms with E-state index in [0.29, 0.717) is 12.4 Å². The molecule has 1 fully saturated rings. The molecule has 1 aromatic rings. The average molecular weight is 373 g/mol. The van der Waals surface area contributed by atoms with Gasteiger partial charge in [-0.05, 0) is 31.0 Å². The van der Waals surface area contributed by atoms with Crippen molar-refractivity contribution < 1.29 is 19.0 Å². The lowest BCUT2D eigenvalue weighted by Crippen LogP contribution is -2.41. The van der Waals surface area contributed by atoms with E-state index < -0.39 is 5.92 Å². The maximum atomic E-state index is 12.6. The SMILES string of the molecule is CCCCCCCC[C@H]1OCOC[C@@H]1C(=O)Oc1ccc(C(C)C#N)cc1. The highest BCUT2D eigenvalue weighted by molar-refractivity contribution is 5.76. The fourth-order valence-corrected chi connectivity index (χ4v) is 3.26. The van der Waals surface area contributed by atoms with E-state index in [2.05, 4.69) is 13.0 Å². The average Bonchev–Trinajstić information content (AvgIpc) is 2.70. The number of rotatable bonds is 10. The smallest absolute Gasteiger partial charge is 0.319 e. The zero-order chi connectivity index (χ0) is 19.5. The molecule has 1 aromatic carbocycles. The van der Waals surface area contributed by atoms with E-state index in [-0.39, 0.29) is 24.8 Å². The summed E-state index contributed by atoms with van der Waals surface area (Å²) in [6.07, 6.45) is 7.97. The normalized spacial score (nSPS) is 20.6. The summed E-state index contributed by atoms with van der Waals surface area (Å²) in [5.74, 6) is -0.409. The molecule has 2 rings (SSSR count). The number of nitrogens with zero attached hydrogens (tertiary/aromatic N) is 1. The van der Waals surface area contributed by atoms with Gasteiger partial charge in [0, 0.05) is 0 Å². The van der Waals surface area contributed by atoms with Crippen molar-refractivity contribution in [1.29, 1.82) is 5.26 Å². The Morgan fingerprint density at radius 3 is 2.63 bits per heavy atom. The van der Waals surface area contributed by atoms with Crippen LogP contribution in [-0.2, 0) is 14.3 Å². The number of carbonyl (C=O) groups excluding carboxylic acids is 1. The van der Waals surface area contributed by atoms with E-state index in [9.17, 15) is 4.79 Å². The predicted octanol–water partition coefficient (Wildman–Crippen LogP) is 4.96. The lowest BCUT2D eigenvalue weighted by molar-refractivity contribution is -0.187. The molecule has 0 aliphatic carbocycles. The van der Waals surface area contributed by atoms with Gasteiger partial charge >= 0.3 is 5.97 Å². The molecular weight excluding hydrogens is 342 g/mol. The summed E-state index contributed by atoms with van der Waals surface area (Å²) in [6, 6.07) is 9.29. The van der Waals surface area contributed by atoms with Crippen molar-refractivity contribution in [2.75, 3.05) is 13.4 Å². The molecule has 0 aromatic heterocycles. The highest BCUT2D eigenvalue weighted by Gasteiger charge is 2.34. The number of nitriles is 1. The number of hydrogen-bond acceptors (Lipinski definition) is 5. The molecular formula is C22H31NO4.